The lowest BCUT2D eigenvalue weighted by atomic mass is 9.91. The predicted octanol–water partition coefficient (Wildman–Crippen LogP) is 4.51. The van der Waals surface area contributed by atoms with Crippen molar-refractivity contribution < 1.29 is 14.3 Å². The molecule has 4 nitrogen and oxygen atoms in total. The van der Waals surface area contributed by atoms with E-state index in [1.807, 2.05) is 39.8 Å². The van der Waals surface area contributed by atoms with Crippen molar-refractivity contribution in [2.75, 3.05) is 6.54 Å². The first-order valence-corrected chi connectivity index (χ1v) is 8.23. The van der Waals surface area contributed by atoms with E-state index in [9.17, 15) is 9.59 Å². The number of nitrogens with zero attached hydrogens (tertiary/aromatic N) is 1. The van der Waals surface area contributed by atoms with Crippen LogP contribution in [0.2, 0.25) is 0 Å². The smallest absolute Gasteiger partial charge is 0.410 e. The molecule has 1 aromatic rings. The molecule has 1 aliphatic rings. The van der Waals surface area contributed by atoms with Gasteiger partial charge in [-0.15, -0.1) is 0 Å². The number of ether oxygens (including phenoxy) is 1. The molecule has 2 rings (SSSR count). The van der Waals surface area contributed by atoms with Gasteiger partial charge >= 0.3 is 6.09 Å². The van der Waals surface area contributed by atoms with E-state index >= 15 is 0 Å². The molecule has 0 aliphatic carbocycles. The number of ketones is 1. The molecule has 0 N–H and O–H groups in total. The van der Waals surface area contributed by atoms with Gasteiger partial charge in [0.15, 0.2) is 5.78 Å². The average Bonchev–Trinajstić information content (AvgIpc) is 2.36. The summed E-state index contributed by atoms with van der Waals surface area (Å²) < 4.78 is 6.27. The van der Waals surface area contributed by atoms with Gasteiger partial charge in [-0.2, -0.15) is 0 Å². The number of amides is 1. The van der Waals surface area contributed by atoms with Crippen molar-refractivity contribution in [3.63, 3.8) is 0 Å². The summed E-state index contributed by atoms with van der Waals surface area (Å²) in [6, 6.07) is 3.70. The van der Waals surface area contributed by atoms with Crippen LogP contribution in [0.25, 0.3) is 0 Å². The minimum atomic E-state index is -0.518. The van der Waals surface area contributed by atoms with Crippen LogP contribution in [0.4, 0.5) is 4.79 Å². The Morgan fingerprint density at radius 3 is 2.50 bits per heavy atom. The lowest BCUT2D eigenvalue weighted by Crippen LogP contribution is -2.42. The van der Waals surface area contributed by atoms with Crippen LogP contribution in [0.15, 0.2) is 16.6 Å². The van der Waals surface area contributed by atoms with Crippen molar-refractivity contribution in [3.8, 4) is 0 Å². The number of Topliss-reactive ketones (excluding diaryl/α,β-unsaturated/α-hetero) is 1. The third-order valence-corrected chi connectivity index (χ3v) is 4.64. The van der Waals surface area contributed by atoms with E-state index in [0.717, 1.165) is 16.5 Å². The second-order valence-electron chi connectivity index (χ2n) is 6.66. The number of rotatable bonds is 1. The van der Waals surface area contributed by atoms with E-state index in [-0.39, 0.29) is 17.9 Å². The Kier molecular flexibility index (Phi) is 4.66. The second-order valence-corrected chi connectivity index (χ2v) is 7.45. The highest BCUT2D eigenvalue weighted by molar-refractivity contribution is 9.10. The fraction of sp³-hybridized carbons (Fsp3) is 0.529. The average molecular weight is 368 g/mol. The SMILES string of the molecule is CC(=O)c1ccc2c(c1Br)C(C)N(C(=O)OC(C)(C)C)CC2. The Morgan fingerprint density at radius 1 is 1.32 bits per heavy atom. The van der Waals surface area contributed by atoms with Gasteiger partial charge in [-0.1, -0.05) is 6.07 Å². The zero-order valence-electron chi connectivity index (χ0n) is 13.7. The Morgan fingerprint density at radius 2 is 1.95 bits per heavy atom. The Labute approximate surface area is 140 Å². The zero-order valence-corrected chi connectivity index (χ0v) is 15.3. The van der Waals surface area contributed by atoms with Crippen LogP contribution in [0, 0.1) is 0 Å². The van der Waals surface area contributed by atoms with Gasteiger partial charge in [-0.25, -0.2) is 4.79 Å². The number of benzene rings is 1. The molecule has 22 heavy (non-hydrogen) atoms. The van der Waals surface area contributed by atoms with E-state index < -0.39 is 5.60 Å². The largest absolute Gasteiger partial charge is 0.444 e. The summed E-state index contributed by atoms with van der Waals surface area (Å²) in [7, 11) is 0. The molecule has 120 valence electrons. The van der Waals surface area contributed by atoms with E-state index in [0.29, 0.717) is 12.1 Å². The fourth-order valence-corrected chi connectivity index (χ4v) is 3.73. The van der Waals surface area contributed by atoms with Gasteiger partial charge in [0.25, 0.3) is 0 Å². The van der Waals surface area contributed by atoms with E-state index in [1.165, 1.54) is 5.56 Å². The van der Waals surface area contributed by atoms with Crippen molar-refractivity contribution in [1.29, 1.82) is 0 Å². The van der Waals surface area contributed by atoms with E-state index in [1.54, 1.807) is 11.8 Å². The number of halogens is 1. The molecular weight excluding hydrogens is 346 g/mol. The third-order valence-electron chi connectivity index (χ3n) is 3.78. The molecule has 0 fully saturated rings. The maximum Gasteiger partial charge on any atom is 0.410 e. The quantitative estimate of drug-likeness (QED) is 0.686. The van der Waals surface area contributed by atoms with Crippen molar-refractivity contribution in [2.24, 2.45) is 0 Å². The third kappa shape index (κ3) is 3.35. The molecular formula is C17H22BrNO3. The Bertz CT molecular complexity index is 619. The highest BCUT2D eigenvalue weighted by Gasteiger charge is 2.33. The minimum Gasteiger partial charge on any atom is -0.444 e. The monoisotopic (exact) mass is 367 g/mol. The first-order chi connectivity index (χ1) is 10.1. The van der Waals surface area contributed by atoms with Gasteiger partial charge in [-0.3, -0.25) is 4.79 Å². The molecule has 1 aliphatic heterocycles. The van der Waals surface area contributed by atoms with Crippen LogP contribution in [-0.4, -0.2) is 28.9 Å². The van der Waals surface area contributed by atoms with Gasteiger partial charge in [0.2, 0.25) is 0 Å². The van der Waals surface area contributed by atoms with Gasteiger partial charge in [-0.05, 0) is 74.2 Å². The van der Waals surface area contributed by atoms with Crippen LogP contribution in [0.5, 0.6) is 0 Å². The molecule has 0 bridgehead atoms. The molecule has 0 saturated carbocycles. The van der Waals surface area contributed by atoms with Crippen molar-refractivity contribution in [3.05, 3.63) is 33.3 Å². The molecule has 1 amide bonds. The summed E-state index contributed by atoms with van der Waals surface area (Å²) in [4.78, 5) is 25.8. The number of hydrogen-bond acceptors (Lipinski definition) is 3. The Balaban J connectivity index is 2.36. The molecule has 0 spiro atoms. The lowest BCUT2D eigenvalue weighted by Gasteiger charge is -2.37. The van der Waals surface area contributed by atoms with Gasteiger partial charge in [0, 0.05) is 16.6 Å². The maximum absolute atomic E-state index is 12.4. The first kappa shape index (κ1) is 17.0. The van der Waals surface area contributed by atoms with Crippen LogP contribution in [0.1, 0.15) is 62.1 Å². The maximum atomic E-state index is 12.4. The summed E-state index contributed by atoms with van der Waals surface area (Å²) in [6.45, 7) is 9.71. The normalized spacial score (nSPS) is 17.9. The van der Waals surface area contributed by atoms with E-state index in [4.69, 9.17) is 4.74 Å². The first-order valence-electron chi connectivity index (χ1n) is 7.43. The van der Waals surface area contributed by atoms with Crippen LogP contribution < -0.4 is 0 Å². The summed E-state index contributed by atoms with van der Waals surface area (Å²) in [5, 5.41) is 0. The standard InChI is InChI=1S/C17H22BrNO3/c1-10-14-12(6-7-13(11(2)20)15(14)18)8-9-19(10)16(21)22-17(3,4)5/h6-7,10H,8-9H2,1-5H3. The Hall–Kier alpha value is -1.36. The van der Waals surface area contributed by atoms with Gasteiger partial charge in [0.1, 0.15) is 5.60 Å². The highest BCUT2D eigenvalue weighted by atomic mass is 79.9. The van der Waals surface area contributed by atoms with E-state index in [2.05, 4.69) is 15.9 Å². The summed E-state index contributed by atoms with van der Waals surface area (Å²) >= 11 is 3.55. The van der Waals surface area contributed by atoms with Crippen LogP contribution in [-0.2, 0) is 11.2 Å². The van der Waals surface area contributed by atoms with Crippen LogP contribution >= 0.6 is 15.9 Å². The predicted molar refractivity (Wildman–Crippen MR) is 89.2 cm³/mol. The highest BCUT2D eigenvalue weighted by Crippen LogP contribution is 2.37. The topological polar surface area (TPSA) is 46.6 Å². The zero-order chi connectivity index (χ0) is 16.7. The van der Waals surface area contributed by atoms with Crippen molar-refractivity contribution in [1.82, 2.24) is 4.90 Å². The molecule has 5 heteroatoms. The summed E-state index contributed by atoms with van der Waals surface area (Å²) in [5.41, 5.74) is 2.31. The molecule has 0 radical (unpaired) electrons. The number of carbonyl (C=O) groups is 2. The molecule has 1 unspecified atom stereocenters. The molecule has 1 aromatic carbocycles. The molecule has 0 aromatic heterocycles. The minimum absolute atomic E-state index is 0.0104. The number of hydrogen-bond donors (Lipinski definition) is 0. The van der Waals surface area contributed by atoms with Crippen LogP contribution in [0.3, 0.4) is 0 Å². The molecule has 1 heterocycles. The lowest BCUT2D eigenvalue weighted by molar-refractivity contribution is 0.0159. The second kappa shape index (κ2) is 6.03. The van der Waals surface area contributed by atoms with Gasteiger partial charge < -0.3 is 9.64 Å². The number of carbonyl (C=O) groups excluding carboxylic acids is 2. The molecule has 0 saturated heterocycles. The van der Waals surface area contributed by atoms with Crippen molar-refractivity contribution in [2.45, 2.75) is 52.7 Å². The summed E-state index contributed by atoms with van der Waals surface area (Å²) in [6.07, 6.45) is 0.446. The summed E-state index contributed by atoms with van der Waals surface area (Å²) in [5.74, 6) is 0.0104. The number of fused-ring (bicyclic) bond motifs is 1. The fourth-order valence-electron chi connectivity index (χ4n) is 2.73. The van der Waals surface area contributed by atoms with Gasteiger partial charge in [0.05, 0.1) is 6.04 Å². The van der Waals surface area contributed by atoms with Crippen molar-refractivity contribution >= 4 is 27.8 Å². The molecule has 1 atom stereocenters.